The summed E-state index contributed by atoms with van der Waals surface area (Å²) >= 11 is 0. The van der Waals surface area contributed by atoms with Crippen molar-refractivity contribution >= 4 is 17.8 Å². The Labute approximate surface area is 165 Å². The second-order valence-electron chi connectivity index (χ2n) is 5.75. The number of nitrogens with zero attached hydrogens (tertiary/aromatic N) is 3. The van der Waals surface area contributed by atoms with E-state index in [9.17, 15) is 14.9 Å². The molecule has 0 saturated heterocycles. The lowest BCUT2D eigenvalue weighted by molar-refractivity contribution is -0.385. The van der Waals surface area contributed by atoms with Crippen LogP contribution in [0.2, 0.25) is 0 Å². The van der Waals surface area contributed by atoms with Gasteiger partial charge in [0.25, 0.3) is 11.6 Å². The average molecular weight is 395 g/mol. The van der Waals surface area contributed by atoms with Crippen LogP contribution in [0.25, 0.3) is 11.3 Å². The van der Waals surface area contributed by atoms with Gasteiger partial charge in [-0.15, -0.1) is 0 Å². The standard InChI is InChI=1S/C19H17N5O5/c1-28-17-8-7-12(9-18(17)29-2)14-10-15(22-21-14)19(25)23-20-11-13-5-3-4-6-16(13)24(26)27/h3-11H,1-2H3,(H,21,22)(H,23,25). The summed E-state index contributed by atoms with van der Waals surface area (Å²) in [5.41, 5.74) is 3.90. The molecule has 3 aromatic rings. The molecule has 0 aliphatic carbocycles. The van der Waals surface area contributed by atoms with E-state index in [1.165, 1.54) is 25.5 Å². The number of H-pyrrole nitrogens is 1. The number of benzene rings is 2. The number of carbonyl (C=O) groups excluding carboxylic acids is 1. The van der Waals surface area contributed by atoms with Crippen molar-refractivity contribution in [3.05, 3.63) is 69.9 Å². The van der Waals surface area contributed by atoms with Crippen LogP contribution in [0.15, 0.2) is 53.6 Å². The van der Waals surface area contributed by atoms with Gasteiger partial charge < -0.3 is 9.47 Å². The van der Waals surface area contributed by atoms with Crippen LogP contribution in [0.4, 0.5) is 5.69 Å². The molecular formula is C19H17N5O5. The van der Waals surface area contributed by atoms with Crippen LogP contribution >= 0.6 is 0 Å². The van der Waals surface area contributed by atoms with Crippen molar-refractivity contribution < 1.29 is 19.2 Å². The fraction of sp³-hybridized carbons (Fsp3) is 0.105. The van der Waals surface area contributed by atoms with Crippen LogP contribution in [0.3, 0.4) is 0 Å². The third kappa shape index (κ3) is 4.38. The molecule has 0 aliphatic heterocycles. The van der Waals surface area contributed by atoms with E-state index in [2.05, 4.69) is 20.7 Å². The molecule has 10 nitrogen and oxygen atoms in total. The molecule has 2 N–H and O–H groups in total. The highest BCUT2D eigenvalue weighted by molar-refractivity contribution is 5.94. The number of hydrazone groups is 1. The third-order valence-corrected chi connectivity index (χ3v) is 4.00. The van der Waals surface area contributed by atoms with Gasteiger partial charge in [-0.3, -0.25) is 20.0 Å². The zero-order chi connectivity index (χ0) is 20.8. The maximum absolute atomic E-state index is 12.2. The number of nitrogens with one attached hydrogen (secondary N) is 2. The van der Waals surface area contributed by atoms with Gasteiger partial charge in [-0.2, -0.15) is 10.2 Å². The molecule has 3 rings (SSSR count). The van der Waals surface area contributed by atoms with Crippen molar-refractivity contribution in [2.45, 2.75) is 0 Å². The number of hydrogen-bond acceptors (Lipinski definition) is 7. The van der Waals surface area contributed by atoms with E-state index in [0.29, 0.717) is 17.2 Å². The fourth-order valence-electron chi connectivity index (χ4n) is 2.57. The van der Waals surface area contributed by atoms with Crippen LogP contribution in [0.5, 0.6) is 11.5 Å². The summed E-state index contributed by atoms with van der Waals surface area (Å²) in [4.78, 5) is 22.7. The van der Waals surface area contributed by atoms with Crippen molar-refractivity contribution in [2.75, 3.05) is 14.2 Å². The van der Waals surface area contributed by atoms with Gasteiger partial charge >= 0.3 is 0 Å². The Hall–Kier alpha value is -4.21. The molecule has 1 aromatic heterocycles. The molecule has 1 amide bonds. The number of methoxy groups -OCH3 is 2. The maximum atomic E-state index is 12.2. The fourth-order valence-corrected chi connectivity index (χ4v) is 2.57. The topological polar surface area (TPSA) is 132 Å². The van der Waals surface area contributed by atoms with Crippen LogP contribution in [-0.4, -0.2) is 41.5 Å². The van der Waals surface area contributed by atoms with Crippen LogP contribution in [-0.2, 0) is 0 Å². The van der Waals surface area contributed by atoms with Crippen molar-refractivity contribution in [1.82, 2.24) is 15.6 Å². The van der Waals surface area contributed by atoms with Crippen LogP contribution in [0.1, 0.15) is 16.1 Å². The summed E-state index contributed by atoms with van der Waals surface area (Å²) in [6, 6.07) is 12.9. The summed E-state index contributed by atoms with van der Waals surface area (Å²) in [5.74, 6) is 0.571. The number of nitro benzene ring substituents is 1. The van der Waals surface area contributed by atoms with E-state index in [4.69, 9.17) is 9.47 Å². The number of amides is 1. The molecule has 0 radical (unpaired) electrons. The summed E-state index contributed by atoms with van der Waals surface area (Å²) < 4.78 is 10.5. The Kier molecular flexibility index (Phi) is 5.83. The molecule has 0 fully saturated rings. The Morgan fingerprint density at radius 3 is 2.66 bits per heavy atom. The largest absolute Gasteiger partial charge is 0.493 e. The second-order valence-corrected chi connectivity index (χ2v) is 5.75. The van der Waals surface area contributed by atoms with Crippen molar-refractivity contribution in [1.29, 1.82) is 0 Å². The predicted molar refractivity (Wildman–Crippen MR) is 105 cm³/mol. The van der Waals surface area contributed by atoms with Gasteiger partial charge in [-0.25, -0.2) is 5.43 Å². The first kappa shape index (κ1) is 19.5. The number of nitro groups is 1. The number of ether oxygens (including phenoxy) is 2. The van der Waals surface area contributed by atoms with Gasteiger partial charge in [0, 0.05) is 11.6 Å². The van der Waals surface area contributed by atoms with Crippen molar-refractivity contribution in [2.24, 2.45) is 5.10 Å². The van der Waals surface area contributed by atoms with Gasteiger partial charge in [-0.05, 0) is 30.3 Å². The van der Waals surface area contributed by atoms with Crippen LogP contribution < -0.4 is 14.9 Å². The number of aromatic nitrogens is 2. The Morgan fingerprint density at radius 1 is 1.17 bits per heavy atom. The Morgan fingerprint density at radius 2 is 1.93 bits per heavy atom. The molecule has 0 saturated carbocycles. The first-order chi connectivity index (χ1) is 14.0. The highest BCUT2D eigenvalue weighted by Crippen LogP contribution is 2.31. The molecule has 10 heteroatoms. The minimum atomic E-state index is -0.543. The number of hydrogen-bond donors (Lipinski definition) is 2. The average Bonchev–Trinajstić information content (AvgIpc) is 3.23. The molecule has 0 spiro atoms. The first-order valence-corrected chi connectivity index (χ1v) is 8.38. The number of aromatic amines is 1. The number of carbonyl (C=O) groups is 1. The maximum Gasteiger partial charge on any atom is 0.289 e. The normalized spacial score (nSPS) is 10.7. The third-order valence-electron chi connectivity index (χ3n) is 4.00. The quantitative estimate of drug-likeness (QED) is 0.359. The summed E-state index contributed by atoms with van der Waals surface area (Å²) in [6.07, 6.45) is 1.21. The molecule has 0 bridgehead atoms. The van der Waals surface area contributed by atoms with E-state index >= 15 is 0 Å². The zero-order valence-electron chi connectivity index (χ0n) is 15.6. The second kappa shape index (κ2) is 8.65. The molecule has 2 aromatic carbocycles. The van der Waals surface area contributed by atoms with Crippen molar-refractivity contribution in [3.8, 4) is 22.8 Å². The Balaban J connectivity index is 1.73. The molecular weight excluding hydrogens is 378 g/mol. The molecule has 1 heterocycles. The van der Waals surface area contributed by atoms with E-state index in [0.717, 1.165) is 5.56 Å². The van der Waals surface area contributed by atoms with Gasteiger partial charge in [0.15, 0.2) is 11.5 Å². The molecule has 0 atom stereocenters. The lowest BCUT2D eigenvalue weighted by Gasteiger charge is -2.08. The number of rotatable bonds is 7. The molecule has 0 unspecified atom stereocenters. The summed E-state index contributed by atoms with van der Waals surface area (Å²) in [5, 5.41) is 21.5. The first-order valence-electron chi connectivity index (χ1n) is 8.38. The van der Waals surface area contributed by atoms with E-state index in [1.54, 1.807) is 43.5 Å². The smallest absolute Gasteiger partial charge is 0.289 e. The molecule has 0 aliphatic rings. The van der Waals surface area contributed by atoms with E-state index in [-0.39, 0.29) is 16.9 Å². The van der Waals surface area contributed by atoms with E-state index < -0.39 is 10.8 Å². The minimum Gasteiger partial charge on any atom is -0.493 e. The lowest BCUT2D eigenvalue weighted by atomic mass is 10.1. The summed E-state index contributed by atoms with van der Waals surface area (Å²) in [7, 11) is 3.07. The number of para-hydroxylation sites is 1. The van der Waals surface area contributed by atoms with Gasteiger partial charge in [-0.1, -0.05) is 12.1 Å². The van der Waals surface area contributed by atoms with E-state index in [1.807, 2.05) is 0 Å². The predicted octanol–water partition coefficient (Wildman–Crippen LogP) is 2.77. The molecule has 29 heavy (non-hydrogen) atoms. The van der Waals surface area contributed by atoms with Gasteiger partial charge in [0.2, 0.25) is 0 Å². The monoisotopic (exact) mass is 395 g/mol. The minimum absolute atomic E-state index is 0.109. The van der Waals surface area contributed by atoms with Crippen molar-refractivity contribution in [3.63, 3.8) is 0 Å². The van der Waals surface area contributed by atoms with Gasteiger partial charge in [0.05, 0.1) is 36.6 Å². The SMILES string of the molecule is COc1ccc(-c2cc(C(=O)NN=Cc3ccccc3[N+](=O)[O-])[nH]n2)cc1OC. The molecule has 148 valence electrons. The zero-order valence-corrected chi connectivity index (χ0v) is 15.6. The highest BCUT2D eigenvalue weighted by atomic mass is 16.6. The lowest BCUT2D eigenvalue weighted by Crippen LogP contribution is -2.18. The summed E-state index contributed by atoms with van der Waals surface area (Å²) in [6.45, 7) is 0. The Bertz CT molecular complexity index is 1080. The van der Waals surface area contributed by atoms with Gasteiger partial charge in [0.1, 0.15) is 5.69 Å². The highest BCUT2D eigenvalue weighted by Gasteiger charge is 2.13. The van der Waals surface area contributed by atoms with Crippen LogP contribution in [0, 0.1) is 10.1 Å².